The molecule has 0 aromatic heterocycles. The molecule has 0 saturated heterocycles. The average Bonchev–Trinajstić information content (AvgIpc) is 2.55. The van der Waals surface area contributed by atoms with Gasteiger partial charge in [-0.15, -0.1) is 0 Å². The van der Waals surface area contributed by atoms with Crippen LogP contribution in [0.3, 0.4) is 0 Å². The summed E-state index contributed by atoms with van der Waals surface area (Å²) in [5, 5.41) is 0. The Morgan fingerprint density at radius 3 is 1.82 bits per heavy atom. The van der Waals surface area contributed by atoms with Crippen LogP contribution in [0.25, 0.3) is 11.1 Å². The Labute approximate surface area is 132 Å². The first-order valence-electron chi connectivity index (χ1n) is 8.18. The van der Waals surface area contributed by atoms with Gasteiger partial charge in [-0.25, -0.2) is 8.78 Å². The average molecular weight is 302 g/mol. The number of benzene rings is 2. The Bertz CT molecular complexity index is 541. The number of hydrogen-bond acceptors (Lipinski definition) is 0. The number of aryl methyl sites for hydroxylation is 1. The second-order valence-corrected chi connectivity index (χ2v) is 5.78. The normalized spacial score (nSPS) is 11.1. The van der Waals surface area contributed by atoms with E-state index in [1.54, 1.807) is 12.1 Å². The largest absolute Gasteiger partial charge is 0.263 e. The highest BCUT2D eigenvalue weighted by atomic mass is 19.3. The topological polar surface area (TPSA) is 0 Å². The van der Waals surface area contributed by atoms with Gasteiger partial charge >= 0.3 is 0 Å². The second kappa shape index (κ2) is 8.67. The van der Waals surface area contributed by atoms with Crippen molar-refractivity contribution in [3.05, 3.63) is 59.7 Å². The highest BCUT2D eigenvalue weighted by Crippen LogP contribution is 2.24. The Morgan fingerprint density at radius 1 is 0.727 bits per heavy atom. The van der Waals surface area contributed by atoms with Gasteiger partial charge in [0.15, 0.2) is 0 Å². The van der Waals surface area contributed by atoms with Crippen molar-refractivity contribution >= 4 is 0 Å². The maximum atomic E-state index is 12.6. The van der Waals surface area contributed by atoms with E-state index in [0.29, 0.717) is 0 Å². The summed E-state index contributed by atoms with van der Waals surface area (Å²) < 4.78 is 25.1. The molecule has 2 rings (SSSR count). The second-order valence-electron chi connectivity index (χ2n) is 5.78. The first kappa shape index (κ1) is 16.7. The molecular formula is C20H24F2. The van der Waals surface area contributed by atoms with E-state index in [4.69, 9.17) is 0 Å². The molecule has 0 radical (unpaired) electrons. The molecule has 0 bridgehead atoms. The van der Waals surface area contributed by atoms with Gasteiger partial charge in [0.05, 0.1) is 0 Å². The molecule has 0 aliphatic rings. The molecule has 0 unspecified atom stereocenters. The molecule has 2 aromatic carbocycles. The summed E-state index contributed by atoms with van der Waals surface area (Å²) >= 11 is 0. The van der Waals surface area contributed by atoms with E-state index in [1.165, 1.54) is 49.8 Å². The fourth-order valence-corrected chi connectivity index (χ4v) is 2.62. The van der Waals surface area contributed by atoms with Gasteiger partial charge in [-0.2, -0.15) is 0 Å². The standard InChI is InChI=1S/C20H24F2/c1-2-3-4-5-6-7-16-8-10-17(11-9-16)18-12-14-19(15-13-18)20(21)22/h8-15,20H,2-7H2,1H3. The zero-order valence-electron chi connectivity index (χ0n) is 13.2. The van der Waals surface area contributed by atoms with Crippen LogP contribution < -0.4 is 0 Å². The van der Waals surface area contributed by atoms with E-state index in [2.05, 4.69) is 31.2 Å². The lowest BCUT2D eigenvalue weighted by Crippen LogP contribution is -1.87. The molecular weight excluding hydrogens is 278 g/mol. The van der Waals surface area contributed by atoms with Gasteiger partial charge in [-0.05, 0) is 29.5 Å². The molecule has 2 heteroatoms. The molecule has 0 atom stereocenters. The molecule has 22 heavy (non-hydrogen) atoms. The van der Waals surface area contributed by atoms with Crippen LogP contribution in [0.2, 0.25) is 0 Å². The third-order valence-corrected chi connectivity index (χ3v) is 4.02. The van der Waals surface area contributed by atoms with Gasteiger partial charge in [0, 0.05) is 5.56 Å². The summed E-state index contributed by atoms with van der Waals surface area (Å²) in [4.78, 5) is 0. The van der Waals surface area contributed by atoms with Gasteiger partial charge in [0.1, 0.15) is 0 Å². The van der Waals surface area contributed by atoms with Gasteiger partial charge in [0.2, 0.25) is 0 Å². The van der Waals surface area contributed by atoms with E-state index >= 15 is 0 Å². The summed E-state index contributed by atoms with van der Waals surface area (Å²) in [6.45, 7) is 2.23. The van der Waals surface area contributed by atoms with Gasteiger partial charge in [-0.3, -0.25) is 0 Å². The lowest BCUT2D eigenvalue weighted by molar-refractivity contribution is 0.151. The Kier molecular flexibility index (Phi) is 6.57. The molecule has 0 aliphatic carbocycles. The molecule has 0 heterocycles. The van der Waals surface area contributed by atoms with E-state index in [-0.39, 0.29) is 5.56 Å². The van der Waals surface area contributed by atoms with Crippen molar-refractivity contribution in [1.82, 2.24) is 0 Å². The minimum Gasteiger partial charge on any atom is -0.205 e. The highest BCUT2D eigenvalue weighted by molar-refractivity contribution is 5.64. The fourth-order valence-electron chi connectivity index (χ4n) is 2.62. The minimum absolute atomic E-state index is 0.0763. The van der Waals surface area contributed by atoms with E-state index in [0.717, 1.165) is 17.5 Å². The smallest absolute Gasteiger partial charge is 0.205 e. The van der Waals surface area contributed by atoms with Crippen LogP contribution in [0.4, 0.5) is 8.78 Å². The summed E-state index contributed by atoms with van der Waals surface area (Å²) in [7, 11) is 0. The van der Waals surface area contributed by atoms with Crippen LogP contribution in [-0.4, -0.2) is 0 Å². The van der Waals surface area contributed by atoms with Crippen molar-refractivity contribution in [2.24, 2.45) is 0 Å². The molecule has 0 amide bonds. The third kappa shape index (κ3) is 4.94. The van der Waals surface area contributed by atoms with Crippen LogP contribution in [0.15, 0.2) is 48.5 Å². The number of hydrogen-bond donors (Lipinski definition) is 0. The third-order valence-electron chi connectivity index (χ3n) is 4.02. The Hall–Kier alpha value is -1.70. The summed E-state index contributed by atoms with van der Waals surface area (Å²) in [6.07, 6.45) is 5.18. The zero-order valence-corrected chi connectivity index (χ0v) is 13.2. The maximum Gasteiger partial charge on any atom is 0.263 e. The molecule has 0 spiro atoms. The minimum atomic E-state index is -2.40. The van der Waals surface area contributed by atoms with E-state index in [9.17, 15) is 8.78 Å². The zero-order chi connectivity index (χ0) is 15.8. The van der Waals surface area contributed by atoms with E-state index < -0.39 is 6.43 Å². The van der Waals surface area contributed by atoms with Gasteiger partial charge < -0.3 is 0 Å². The maximum absolute atomic E-state index is 12.6. The fraction of sp³-hybridized carbons (Fsp3) is 0.400. The van der Waals surface area contributed by atoms with Crippen molar-refractivity contribution in [3.63, 3.8) is 0 Å². The lowest BCUT2D eigenvalue weighted by Gasteiger charge is -2.06. The predicted octanol–water partition coefficient (Wildman–Crippen LogP) is 6.80. The van der Waals surface area contributed by atoms with Crippen LogP contribution in [-0.2, 0) is 6.42 Å². The number of alkyl halides is 2. The molecule has 0 nitrogen and oxygen atoms in total. The monoisotopic (exact) mass is 302 g/mol. The van der Waals surface area contributed by atoms with Crippen molar-refractivity contribution in [1.29, 1.82) is 0 Å². The highest BCUT2D eigenvalue weighted by Gasteiger charge is 2.06. The number of halogens is 2. The van der Waals surface area contributed by atoms with Crippen molar-refractivity contribution in [3.8, 4) is 11.1 Å². The van der Waals surface area contributed by atoms with Crippen LogP contribution in [0, 0.1) is 0 Å². The summed E-state index contributed by atoms with van der Waals surface area (Å²) in [6, 6.07) is 15.0. The lowest BCUT2D eigenvalue weighted by atomic mass is 10.00. The van der Waals surface area contributed by atoms with Crippen LogP contribution >= 0.6 is 0 Å². The van der Waals surface area contributed by atoms with Gasteiger partial charge in [0.25, 0.3) is 6.43 Å². The molecule has 118 valence electrons. The predicted molar refractivity (Wildman–Crippen MR) is 89.3 cm³/mol. The first-order valence-corrected chi connectivity index (χ1v) is 8.18. The van der Waals surface area contributed by atoms with Crippen LogP contribution in [0.5, 0.6) is 0 Å². The Morgan fingerprint density at radius 2 is 1.27 bits per heavy atom. The summed E-state index contributed by atoms with van der Waals surface area (Å²) in [5.74, 6) is 0. The van der Waals surface area contributed by atoms with Crippen molar-refractivity contribution < 1.29 is 8.78 Å². The molecule has 0 saturated carbocycles. The number of unbranched alkanes of at least 4 members (excludes halogenated alkanes) is 4. The van der Waals surface area contributed by atoms with Crippen LogP contribution in [0.1, 0.15) is 56.6 Å². The molecule has 0 aliphatic heterocycles. The first-order chi connectivity index (χ1) is 10.7. The number of rotatable bonds is 8. The summed E-state index contributed by atoms with van der Waals surface area (Å²) in [5.41, 5.74) is 3.49. The van der Waals surface area contributed by atoms with Crippen molar-refractivity contribution in [2.75, 3.05) is 0 Å². The van der Waals surface area contributed by atoms with Gasteiger partial charge in [-0.1, -0.05) is 81.1 Å². The quantitative estimate of drug-likeness (QED) is 0.470. The SMILES string of the molecule is CCCCCCCc1ccc(-c2ccc(C(F)F)cc2)cc1. The molecule has 0 fully saturated rings. The molecule has 2 aromatic rings. The Balaban J connectivity index is 1.91. The molecule has 0 N–H and O–H groups in total. The van der Waals surface area contributed by atoms with E-state index in [1.807, 2.05) is 0 Å². The van der Waals surface area contributed by atoms with Crippen molar-refractivity contribution in [2.45, 2.75) is 51.9 Å².